The van der Waals surface area contributed by atoms with Crippen LogP contribution >= 0.6 is 11.8 Å². The van der Waals surface area contributed by atoms with Crippen LogP contribution in [0.3, 0.4) is 0 Å². The van der Waals surface area contributed by atoms with E-state index in [1.54, 1.807) is 23.9 Å². The number of nitro groups is 1. The topological polar surface area (TPSA) is 67.5 Å². The number of nitrogens with one attached hydrogen (secondary N) is 1. The van der Waals surface area contributed by atoms with Gasteiger partial charge < -0.3 is 5.32 Å². The molecule has 6 heteroatoms. The number of nitrogens with zero attached hydrogens (tertiary/aromatic N) is 2. The number of non-ortho nitro benzene ring substituents is 1. The lowest BCUT2D eigenvalue weighted by atomic mass is 10.2. The maximum absolute atomic E-state index is 10.6. The van der Waals surface area contributed by atoms with Crippen LogP contribution in [0.2, 0.25) is 0 Å². The van der Waals surface area contributed by atoms with Crippen LogP contribution in [0.15, 0.2) is 23.2 Å². The molecule has 0 fully saturated rings. The number of amidine groups is 1. The average Bonchev–Trinajstić information content (AvgIpc) is 2.67. The molecule has 0 aromatic heterocycles. The summed E-state index contributed by atoms with van der Waals surface area (Å²) in [7, 11) is 0. The number of nitro benzene ring substituents is 1. The van der Waals surface area contributed by atoms with Gasteiger partial charge in [0.2, 0.25) is 0 Å². The Hall–Kier alpha value is -1.56. The predicted octanol–water partition coefficient (Wildman–Crippen LogP) is 2.81. The van der Waals surface area contributed by atoms with Gasteiger partial charge in [0.25, 0.3) is 5.69 Å². The predicted molar refractivity (Wildman–Crippen MR) is 70.8 cm³/mol. The van der Waals surface area contributed by atoms with Crippen LogP contribution in [0.4, 0.5) is 11.4 Å². The summed E-state index contributed by atoms with van der Waals surface area (Å²) in [6.07, 6.45) is 0. The van der Waals surface area contributed by atoms with E-state index < -0.39 is 0 Å². The third kappa shape index (κ3) is 2.76. The van der Waals surface area contributed by atoms with Crippen molar-refractivity contribution in [1.29, 1.82) is 0 Å². The molecule has 1 aliphatic heterocycles. The number of thioether (sulfide) groups is 1. The van der Waals surface area contributed by atoms with Gasteiger partial charge in [-0.25, -0.2) is 0 Å². The first-order chi connectivity index (χ1) is 8.06. The van der Waals surface area contributed by atoms with Gasteiger partial charge in [-0.3, -0.25) is 15.1 Å². The van der Waals surface area contributed by atoms with E-state index in [4.69, 9.17) is 0 Å². The van der Waals surface area contributed by atoms with Gasteiger partial charge in [0, 0.05) is 23.1 Å². The fraction of sp³-hybridized carbons (Fsp3) is 0.364. The fourth-order valence-corrected chi connectivity index (χ4v) is 2.41. The first-order valence-corrected chi connectivity index (χ1v) is 6.17. The van der Waals surface area contributed by atoms with Gasteiger partial charge in [-0.2, -0.15) is 0 Å². The van der Waals surface area contributed by atoms with Crippen molar-refractivity contribution in [3.05, 3.63) is 33.9 Å². The largest absolute Gasteiger partial charge is 0.335 e. The molecule has 2 rings (SSSR count). The van der Waals surface area contributed by atoms with Crippen molar-refractivity contribution in [2.75, 3.05) is 11.9 Å². The number of benzene rings is 1. The highest BCUT2D eigenvalue weighted by atomic mass is 32.2. The summed E-state index contributed by atoms with van der Waals surface area (Å²) < 4.78 is 0. The van der Waals surface area contributed by atoms with Crippen LogP contribution in [0.1, 0.15) is 12.5 Å². The van der Waals surface area contributed by atoms with E-state index >= 15 is 0 Å². The second kappa shape index (κ2) is 4.75. The van der Waals surface area contributed by atoms with Crippen LogP contribution in [-0.4, -0.2) is 21.9 Å². The van der Waals surface area contributed by atoms with Crippen molar-refractivity contribution in [3.63, 3.8) is 0 Å². The average molecular weight is 251 g/mol. The normalized spacial score (nSPS) is 18.9. The Morgan fingerprint density at radius 3 is 2.88 bits per heavy atom. The molecular formula is C11H13N3O2S. The monoisotopic (exact) mass is 251 g/mol. The summed E-state index contributed by atoms with van der Waals surface area (Å²) in [6.45, 7) is 4.78. The summed E-state index contributed by atoms with van der Waals surface area (Å²) in [6, 6.07) is 4.78. The van der Waals surface area contributed by atoms with Gasteiger partial charge in [0.1, 0.15) is 0 Å². The summed E-state index contributed by atoms with van der Waals surface area (Å²) in [5, 5.41) is 15.2. The van der Waals surface area contributed by atoms with Crippen molar-refractivity contribution in [2.24, 2.45) is 4.99 Å². The third-order valence-electron chi connectivity index (χ3n) is 2.47. The Morgan fingerprint density at radius 1 is 1.59 bits per heavy atom. The summed E-state index contributed by atoms with van der Waals surface area (Å²) in [5.41, 5.74) is 1.83. The molecule has 5 nitrogen and oxygen atoms in total. The lowest BCUT2D eigenvalue weighted by Crippen LogP contribution is -2.07. The Balaban J connectivity index is 2.14. The maximum Gasteiger partial charge on any atom is 0.269 e. The van der Waals surface area contributed by atoms with Crippen molar-refractivity contribution in [2.45, 2.75) is 19.1 Å². The zero-order chi connectivity index (χ0) is 12.4. The van der Waals surface area contributed by atoms with Gasteiger partial charge in [-0.05, 0) is 18.6 Å². The first-order valence-electron chi connectivity index (χ1n) is 5.29. The quantitative estimate of drug-likeness (QED) is 0.648. The number of hydrogen-bond acceptors (Lipinski definition) is 5. The van der Waals surface area contributed by atoms with Gasteiger partial charge in [-0.15, -0.1) is 0 Å². The Kier molecular flexibility index (Phi) is 3.33. The number of aryl methyl sites for hydroxylation is 1. The van der Waals surface area contributed by atoms with Crippen molar-refractivity contribution < 1.29 is 4.92 Å². The van der Waals surface area contributed by atoms with E-state index in [9.17, 15) is 10.1 Å². The second-order valence-corrected chi connectivity index (χ2v) is 5.38. The van der Waals surface area contributed by atoms with Crippen LogP contribution in [0, 0.1) is 17.0 Å². The zero-order valence-corrected chi connectivity index (χ0v) is 10.5. The molecule has 0 aliphatic carbocycles. The van der Waals surface area contributed by atoms with Crippen LogP contribution in [-0.2, 0) is 0 Å². The SMILES string of the molecule is Cc1cc([N+](=O)[O-])ccc1NC1=NCC(C)S1. The molecule has 1 atom stereocenters. The molecule has 17 heavy (non-hydrogen) atoms. The van der Waals surface area contributed by atoms with Gasteiger partial charge in [-0.1, -0.05) is 18.7 Å². The van der Waals surface area contributed by atoms with Gasteiger partial charge in [0.05, 0.1) is 11.5 Å². The van der Waals surface area contributed by atoms with Gasteiger partial charge in [0.15, 0.2) is 5.17 Å². The summed E-state index contributed by atoms with van der Waals surface area (Å²) in [4.78, 5) is 14.6. The number of rotatable bonds is 2. The molecule has 0 saturated carbocycles. The van der Waals surface area contributed by atoms with Crippen LogP contribution in [0.25, 0.3) is 0 Å². The molecule has 1 aromatic rings. The molecule has 0 bridgehead atoms. The minimum atomic E-state index is -0.388. The summed E-state index contributed by atoms with van der Waals surface area (Å²) in [5.74, 6) is 0. The van der Waals surface area contributed by atoms with E-state index in [0.717, 1.165) is 23.0 Å². The highest BCUT2D eigenvalue weighted by Gasteiger charge is 2.16. The summed E-state index contributed by atoms with van der Waals surface area (Å²) >= 11 is 1.68. The minimum absolute atomic E-state index is 0.113. The fourth-order valence-electron chi connectivity index (χ4n) is 1.56. The Bertz CT molecular complexity index is 488. The highest BCUT2D eigenvalue weighted by molar-refractivity contribution is 8.15. The molecular weight excluding hydrogens is 238 g/mol. The molecule has 0 amide bonds. The van der Waals surface area contributed by atoms with E-state index in [1.807, 2.05) is 6.92 Å². The third-order valence-corrected chi connectivity index (χ3v) is 3.47. The number of aliphatic imine (C=N–C) groups is 1. The highest BCUT2D eigenvalue weighted by Crippen LogP contribution is 2.25. The second-order valence-electron chi connectivity index (χ2n) is 3.96. The molecule has 0 radical (unpaired) electrons. The van der Waals surface area contributed by atoms with Crippen LogP contribution < -0.4 is 5.32 Å². The molecule has 0 spiro atoms. The van der Waals surface area contributed by atoms with Crippen LogP contribution in [0.5, 0.6) is 0 Å². The number of anilines is 1. The minimum Gasteiger partial charge on any atom is -0.335 e. The lowest BCUT2D eigenvalue weighted by molar-refractivity contribution is -0.384. The molecule has 1 heterocycles. The van der Waals surface area contributed by atoms with E-state index in [1.165, 1.54) is 6.07 Å². The van der Waals surface area contributed by atoms with E-state index in [-0.39, 0.29) is 10.6 Å². The van der Waals surface area contributed by atoms with Gasteiger partial charge >= 0.3 is 0 Å². The molecule has 1 unspecified atom stereocenters. The molecule has 0 saturated heterocycles. The standard InChI is InChI=1S/C11H13N3O2S/c1-7-5-9(14(15)16)3-4-10(7)13-11-12-6-8(2)17-11/h3-5,8H,6H2,1-2H3,(H,12,13). The molecule has 1 aromatic carbocycles. The van der Waals surface area contributed by atoms with E-state index in [0.29, 0.717) is 5.25 Å². The van der Waals surface area contributed by atoms with Crippen molar-refractivity contribution in [3.8, 4) is 0 Å². The number of hydrogen-bond donors (Lipinski definition) is 1. The molecule has 90 valence electrons. The smallest absolute Gasteiger partial charge is 0.269 e. The lowest BCUT2D eigenvalue weighted by Gasteiger charge is -2.08. The van der Waals surface area contributed by atoms with Crippen molar-refractivity contribution >= 4 is 28.3 Å². The maximum atomic E-state index is 10.6. The zero-order valence-electron chi connectivity index (χ0n) is 9.64. The van der Waals surface area contributed by atoms with Crippen molar-refractivity contribution in [1.82, 2.24) is 0 Å². The Morgan fingerprint density at radius 2 is 2.35 bits per heavy atom. The molecule has 1 N–H and O–H groups in total. The molecule has 1 aliphatic rings. The van der Waals surface area contributed by atoms with E-state index in [2.05, 4.69) is 17.2 Å². The first kappa shape index (κ1) is 11.9. The Labute approximate surface area is 103 Å².